The lowest BCUT2D eigenvalue weighted by Crippen LogP contribution is -2.26. The van der Waals surface area contributed by atoms with Gasteiger partial charge < -0.3 is 10.4 Å². The van der Waals surface area contributed by atoms with Gasteiger partial charge >= 0.3 is 5.97 Å². The molecule has 4 nitrogen and oxygen atoms in total. The zero-order valence-corrected chi connectivity index (χ0v) is 12.9. The highest BCUT2D eigenvalue weighted by atomic mass is 16.4. The van der Waals surface area contributed by atoms with E-state index in [2.05, 4.69) is 12.2 Å². The number of amides is 1. The van der Waals surface area contributed by atoms with Gasteiger partial charge in [0.1, 0.15) is 0 Å². The Bertz CT molecular complexity index is 471. The van der Waals surface area contributed by atoms with Crippen LogP contribution in [0.4, 0.5) is 0 Å². The molecule has 0 heterocycles. The number of benzene rings is 1. The van der Waals surface area contributed by atoms with E-state index in [9.17, 15) is 9.59 Å². The SMILES string of the molecule is CCCC(CCNC(=O)c1ccccc1C)CCC(=O)O. The predicted molar refractivity (Wildman–Crippen MR) is 83.4 cm³/mol. The summed E-state index contributed by atoms with van der Waals surface area (Å²) in [5.41, 5.74) is 1.67. The maximum atomic E-state index is 12.1. The molecule has 0 fully saturated rings. The van der Waals surface area contributed by atoms with E-state index in [-0.39, 0.29) is 12.3 Å². The summed E-state index contributed by atoms with van der Waals surface area (Å²) in [4.78, 5) is 22.7. The van der Waals surface area contributed by atoms with Crippen molar-refractivity contribution in [2.24, 2.45) is 5.92 Å². The van der Waals surface area contributed by atoms with Crippen molar-refractivity contribution in [3.05, 3.63) is 35.4 Å². The number of hydrogen-bond acceptors (Lipinski definition) is 2. The van der Waals surface area contributed by atoms with E-state index in [1.54, 1.807) is 0 Å². The van der Waals surface area contributed by atoms with Crippen molar-refractivity contribution >= 4 is 11.9 Å². The Morgan fingerprint density at radius 1 is 1.19 bits per heavy atom. The van der Waals surface area contributed by atoms with E-state index in [0.29, 0.717) is 24.4 Å². The molecule has 1 amide bonds. The standard InChI is InChI=1S/C17H25NO3/c1-3-6-14(9-10-16(19)20)11-12-18-17(21)15-8-5-4-7-13(15)2/h4-5,7-8,14H,3,6,9-12H2,1-2H3,(H,18,21)(H,19,20). The molecule has 0 radical (unpaired) electrons. The number of aryl methyl sites for hydroxylation is 1. The quantitative estimate of drug-likeness (QED) is 0.733. The number of aliphatic carboxylic acids is 1. The number of carbonyl (C=O) groups excluding carboxylic acids is 1. The molecule has 2 N–H and O–H groups in total. The van der Waals surface area contributed by atoms with E-state index in [4.69, 9.17) is 5.11 Å². The van der Waals surface area contributed by atoms with E-state index in [1.807, 2.05) is 31.2 Å². The first kappa shape index (κ1) is 17.2. The van der Waals surface area contributed by atoms with Gasteiger partial charge in [0.2, 0.25) is 0 Å². The molecule has 1 atom stereocenters. The van der Waals surface area contributed by atoms with Gasteiger partial charge in [0.25, 0.3) is 5.91 Å². The zero-order chi connectivity index (χ0) is 15.7. The Kier molecular flexibility index (Phi) is 7.51. The molecule has 4 heteroatoms. The van der Waals surface area contributed by atoms with Gasteiger partial charge in [-0.05, 0) is 37.3 Å². The third-order valence-corrected chi connectivity index (χ3v) is 3.69. The minimum Gasteiger partial charge on any atom is -0.481 e. The molecular formula is C17H25NO3. The topological polar surface area (TPSA) is 66.4 Å². The molecular weight excluding hydrogens is 266 g/mol. The molecule has 0 aliphatic carbocycles. The molecule has 0 saturated carbocycles. The van der Waals surface area contributed by atoms with Crippen LogP contribution in [0.15, 0.2) is 24.3 Å². The van der Waals surface area contributed by atoms with Crippen LogP contribution < -0.4 is 5.32 Å². The molecule has 1 unspecified atom stereocenters. The molecule has 1 aromatic rings. The number of rotatable bonds is 9. The Hall–Kier alpha value is -1.84. The monoisotopic (exact) mass is 291 g/mol. The van der Waals surface area contributed by atoms with Crippen LogP contribution in [0.3, 0.4) is 0 Å². The second-order valence-electron chi connectivity index (χ2n) is 5.45. The maximum absolute atomic E-state index is 12.1. The fourth-order valence-corrected chi connectivity index (χ4v) is 2.48. The fraction of sp³-hybridized carbons (Fsp3) is 0.529. The van der Waals surface area contributed by atoms with E-state index < -0.39 is 5.97 Å². The van der Waals surface area contributed by atoms with Crippen LogP contribution in [-0.2, 0) is 4.79 Å². The number of carboxylic acid groups (broad SMARTS) is 1. The summed E-state index contributed by atoms with van der Waals surface area (Å²) in [6.45, 7) is 4.61. The summed E-state index contributed by atoms with van der Waals surface area (Å²) in [5, 5.41) is 11.7. The van der Waals surface area contributed by atoms with Crippen molar-refractivity contribution in [2.75, 3.05) is 6.54 Å². The number of carbonyl (C=O) groups is 2. The van der Waals surface area contributed by atoms with Crippen LogP contribution in [0.1, 0.15) is 54.9 Å². The van der Waals surface area contributed by atoms with Crippen molar-refractivity contribution < 1.29 is 14.7 Å². The van der Waals surface area contributed by atoms with Gasteiger partial charge in [-0.2, -0.15) is 0 Å². The molecule has 0 aliphatic heterocycles. The van der Waals surface area contributed by atoms with Gasteiger partial charge in [0.15, 0.2) is 0 Å². The number of nitrogens with one attached hydrogen (secondary N) is 1. The highest BCUT2D eigenvalue weighted by Crippen LogP contribution is 2.17. The lowest BCUT2D eigenvalue weighted by atomic mass is 9.94. The van der Waals surface area contributed by atoms with Crippen LogP contribution in [0.2, 0.25) is 0 Å². The van der Waals surface area contributed by atoms with Gasteiger partial charge in [-0.3, -0.25) is 9.59 Å². The Morgan fingerprint density at radius 2 is 1.90 bits per heavy atom. The van der Waals surface area contributed by atoms with Crippen LogP contribution >= 0.6 is 0 Å². The van der Waals surface area contributed by atoms with Gasteiger partial charge in [0, 0.05) is 18.5 Å². The van der Waals surface area contributed by atoms with Gasteiger partial charge in [0.05, 0.1) is 0 Å². The summed E-state index contributed by atoms with van der Waals surface area (Å²) in [6.07, 6.45) is 3.77. The zero-order valence-electron chi connectivity index (χ0n) is 12.9. The summed E-state index contributed by atoms with van der Waals surface area (Å²) in [5.74, 6) is -0.440. The Balaban J connectivity index is 2.41. The van der Waals surface area contributed by atoms with Crippen molar-refractivity contribution in [3.8, 4) is 0 Å². The second kappa shape index (κ2) is 9.16. The lowest BCUT2D eigenvalue weighted by molar-refractivity contribution is -0.137. The highest BCUT2D eigenvalue weighted by molar-refractivity contribution is 5.95. The van der Waals surface area contributed by atoms with E-state index in [1.165, 1.54) is 0 Å². The molecule has 0 aliphatic rings. The first-order valence-corrected chi connectivity index (χ1v) is 7.60. The highest BCUT2D eigenvalue weighted by Gasteiger charge is 2.12. The Morgan fingerprint density at radius 3 is 2.52 bits per heavy atom. The van der Waals surface area contributed by atoms with Crippen molar-refractivity contribution in [1.82, 2.24) is 5.32 Å². The van der Waals surface area contributed by atoms with Gasteiger partial charge in [-0.1, -0.05) is 38.0 Å². The molecule has 0 saturated heterocycles. The van der Waals surface area contributed by atoms with E-state index >= 15 is 0 Å². The minimum absolute atomic E-state index is 0.0541. The van der Waals surface area contributed by atoms with Crippen molar-refractivity contribution in [2.45, 2.75) is 46.0 Å². The first-order valence-electron chi connectivity index (χ1n) is 7.60. The van der Waals surface area contributed by atoms with Crippen LogP contribution in [-0.4, -0.2) is 23.5 Å². The van der Waals surface area contributed by atoms with Crippen LogP contribution in [0.5, 0.6) is 0 Å². The summed E-state index contributed by atoms with van der Waals surface area (Å²) >= 11 is 0. The van der Waals surface area contributed by atoms with Crippen molar-refractivity contribution in [1.29, 1.82) is 0 Å². The maximum Gasteiger partial charge on any atom is 0.303 e. The molecule has 0 spiro atoms. The summed E-state index contributed by atoms with van der Waals surface area (Å²) in [7, 11) is 0. The summed E-state index contributed by atoms with van der Waals surface area (Å²) in [6, 6.07) is 7.50. The van der Waals surface area contributed by atoms with Gasteiger partial charge in [-0.25, -0.2) is 0 Å². The van der Waals surface area contributed by atoms with Crippen molar-refractivity contribution in [3.63, 3.8) is 0 Å². The van der Waals surface area contributed by atoms with Crippen LogP contribution in [0.25, 0.3) is 0 Å². The third-order valence-electron chi connectivity index (χ3n) is 3.69. The fourth-order valence-electron chi connectivity index (χ4n) is 2.48. The molecule has 116 valence electrons. The normalized spacial score (nSPS) is 11.9. The number of carboxylic acids is 1. The molecule has 1 aromatic carbocycles. The molecule has 1 rings (SSSR count). The molecule has 0 bridgehead atoms. The van der Waals surface area contributed by atoms with Crippen LogP contribution in [0, 0.1) is 12.8 Å². The minimum atomic E-state index is -0.750. The molecule has 21 heavy (non-hydrogen) atoms. The van der Waals surface area contributed by atoms with Gasteiger partial charge in [-0.15, -0.1) is 0 Å². The molecule has 0 aromatic heterocycles. The lowest BCUT2D eigenvalue weighted by Gasteiger charge is -2.15. The average Bonchev–Trinajstić information content (AvgIpc) is 2.45. The third kappa shape index (κ3) is 6.43. The largest absolute Gasteiger partial charge is 0.481 e. The van der Waals surface area contributed by atoms with E-state index in [0.717, 1.165) is 24.8 Å². The first-order chi connectivity index (χ1) is 10.0. The Labute approximate surface area is 126 Å². The number of hydrogen-bond donors (Lipinski definition) is 2. The predicted octanol–water partition coefficient (Wildman–Crippen LogP) is 3.40. The average molecular weight is 291 g/mol. The second-order valence-corrected chi connectivity index (χ2v) is 5.45. The summed E-state index contributed by atoms with van der Waals surface area (Å²) < 4.78 is 0. The smallest absolute Gasteiger partial charge is 0.303 e.